The molecule has 0 saturated carbocycles. The lowest BCUT2D eigenvalue weighted by atomic mass is 10.0. The Morgan fingerprint density at radius 2 is 2.10 bits per heavy atom. The molecule has 2 aliphatic heterocycles. The lowest BCUT2D eigenvalue weighted by molar-refractivity contribution is -0.144. The molecule has 0 radical (unpaired) electrons. The summed E-state index contributed by atoms with van der Waals surface area (Å²) in [6.45, 7) is 3.72. The zero-order valence-electron chi connectivity index (χ0n) is 11.3. The van der Waals surface area contributed by atoms with Crippen molar-refractivity contribution in [2.45, 2.75) is 24.9 Å². The van der Waals surface area contributed by atoms with Gasteiger partial charge in [0.2, 0.25) is 0 Å². The van der Waals surface area contributed by atoms with Crippen LogP contribution in [0.1, 0.15) is 24.4 Å². The number of piperazine rings is 1. The Bertz CT molecular complexity index is 508. The molecule has 0 aromatic heterocycles. The first-order chi connectivity index (χ1) is 9.66. The van der Waals surface area contributed by atoms with Gasteiger partial charge in [0, 0.05) is 30.7 Å². The molecule has 0 spiro atoms. The van der Waals surface area contributed by atoms with Crippen molar-refractivity contribution in [2.24, 2.45) is 0 Å². The molecular weight excluding hydrogens is 276 g/mol. The van der Waals surface area contributed by atoms with Gasteiger partial charge in [-0.15, -0.1) is 0 Å². The molecule has 0 aliphatic carbocycles. The fourth-order valence-electron chi connectivity index (χ4n) is 3.43. The minimum absolute atomic E-state index is 0.507. The van der Waals surface area contributed by atoms with Crippen LogP contribution in [0.4, 0.5) is 0 Å². The molecule has 5 heteroatoms. The van der Waals surface area contributed by atoms with Crippen molar-refractivity contribution >= 4 is 17.6 Å². The monoisotopic (exact) mass is 294 g/mol. The highest BCUT2D eigenvalue weighted by atomic mass is 35.5. The second-order valence-electron chi connectivity index (χ2n) is 5.59. The second-order valence-corrected chi connectivity index (χ2v) is 6.00. The van der Waals surface area contributed by atoms with Crippen molar-refractivity contribution < 1.29 is 9.90 Å². The SMILES string of the molecule is O=C(O)C(c1ccccc1Cl)N1CCN2CCC[C@@H]2C1. The first-order valence-electron chi connectivity index (χ1n) is 7.12. The minimum atomic E-state index is -0.815. The molecule has 4 nitrogen and oxygen atoms in total. The van der Waals surface area contributed by atoms with Crippen LogP contribution in [0, 0.1) is 0 Å². The van der Waals surface area contributed by atoms with Gasteiger partial charge in [-0.2, -0.15) is 0 Å². The Morgan fingerprint density at radius 3 is 2.85 bits per heavy atom. The largest absolute Gasteiger partial charge is 0.480 e. The summed E-state index contributed by atoms with van der Waals surface area (Å²) in [5.41, 5.74) is 0.702. The number of hydrogen-bond acceptors (Lipinski definition) is 3. The Balaban J connectivity index is 1.84. The first kappa shape index (κ1) is 13.9. The molecular formula is C15H19ClN2O2. The number of halogens is 1. The van der Waals surface area contributed by atoms with Crippen molar-refractivity contribution in [1.29, 1.82) is 0 Å². The maximum Gasteiger partial charge on any atom is 0.325 e. The summed E-state index contributed by atoms with van der Waals surface area (Å²) in [7, 11) is 0. The molecule has 108 valence electrons. The maximum atomic E-state index is 11.7. The molecule has 1 aromatic rings. The standard InChI is InChI=1S/C15H19ClN2O2/c16-13-6-2-1-5-12(13)14(15(19)20)18-9-8-17-7-3-4-11(17)10-18/h1-2,5-6,11,14H,3-4,7-10H2,(H,19,20)/t11-,14?/m1/s1. The highest BCUT2D eigenvalue weighted by molar-refractivity contribution is 6.31. The Morgan fingerprint density at radius 1 is 1.30 bits per heavy atom. The van der Waals surface area contributed by atoms with E-state index >= 15 is 0 Å². The number of carbonyl (C=O) groups is 1. The zero-order chi connectivity index (χ0) is 14.1. The Kier molecular flexibility index (Phi) is 3.96. The molecule has 2 fully saturated rings. The lowest BCUT2D eigenvalue weighted by Gasteiger charge is -2.40. The maximum absolute atomic E-state index is 11.7. The molecule has 2 saturated heterocycles. The number of nitrogens with zero attached hydrogens (tertiary/aromatic N) is 2. The van der Waals surface area contributed by atoms with Gasteiger partial charge in [0.15, 0.2) is 0 Å². The van der Waals surface area contributed by atoms with Crippen LogP contribution in [0.2, 0.25) is 5.02 Å². The Hall–Kier alpha value is -1.10. The second kappa shape index (κ2) is 5.72. The normalized spacial score (nSPS) is 25.4. The van der Waals surface area contributed by atoms with E-state index in [0.29, 0.717) is 16.6 Å². The van der Waals surface area contributed by atoms with Crippen LogP contribution in [0.25, 0.3) is 0 Å². The van der Waals surface area contributed by atoms with Gasteiger partial charge in [-0.25, -0.2) is 0 Å². The summed E-state index contributed by atoms with van der Waals surface area (Å²) in [5.74, 6) is -0.815. The number of aliphatic carboxylic acids is 1. The van der Waals surface area contributed by atoms with Crippen LogP contribution in [0.3, 0.4) is 0 Å². The van der Waals surface area contributed by atoms with Gasteiger partial charge in [-0.1, -0.05) is 29.8 Å². The molecule has 0 amide bonds. The third-order valence-corrected chi connectivity index (χ3v) is 4.76. The number of hydrogen-bond donors (Lipinski definition) is 1. The van der Waals surface area contributed by atoms with Crippen molar-refractivity contribution in [3.05, 3.63) is 34.9 Å². The van der Waals surface area contributed by atoms with Gasteiger partial charge in [-0.05, 0) is 31.0 Å². The highest BCUT2D eigenvalue weighted by Gasteiger charge is 2.37. The van der Waals surface area contributed by atoms with E-state index in [1.807, 2.05) is 18.2 Å². The number of benzene rings is 1. The summed E-state index contributed by atoms with van der Waals surface area (Å²) < 4.78 is 0. The minimum Gasteiger partial charge on any atom is -0.480 e. The molecule has 0 bridgehead atoms. The summed E-state index contributed by atoms with van der Waals surface area (Å²) in [4.78, 5) is 16.3. The first-order valence-corrected chi connectivity index (χ1v) is 7.50. The van der Waals surface area contributed by atoms with Crippen molar-refractivity contribution in [3.8, 4) is 0 Å². The molecule has 1 N–H and O–H groups in total. The van der Waals surface area contributed by atoms with Crippen LogP contribution in [0.5, 0.6) is 0 Å². The van der Waals surface area contributed by atoms with E-state index in [4.69, 9.17) is 11.6 Å². The van der Waals surface area contributed by atoms with Gasteiger partial charge in [0.25, 0.3) is 0 Å². The van der Waals surface area contributed by atoms with Gasteiger partial charge in [0.1, 0.15) is 6.04 Å². The topological polar surface area (TPSA) is 43.8 Å². The molecule has 3 rings (SSSR count). The third-order valence-electron chi connectivity index (χ3n) is 4.42. The van der Waals surface area contributed by atoms with E-state index in [0.717, 1.165) is 26.2 Å². The molecule has 1 unspecified atom stereocenters. The van der Waals surface area contributed by atoms with E-state index < -0.39 is 12.0 Å². The predicted molar refractivity (Wildman–Crippen MR) is 78.0 cm³/mol. The molecule has 20 heavy (non-hydrogen) atoms. The van der Waals surface area contributed by atoms with Crippen LogP contribution in [0.15, 0.2) is 24.3 Å². The molecule has 2 heterocycles. The van der Waals surface area contributed by atoms with Crippen LogP contribution in [-0.2, 0) is 4.79 Å². The number of carboxylic acids is 1. The van der Waals surface area contributed by atoms with Crippen molar-refractivity contribution in [1.82, 2.24) is 9.80 Å². The van der Waals surface area contributed by atoms with Gasteiger partial charge >= 0.3 is 5.97 Å². The fourth-order valence-corrected chi connectivity index (χ4v) is 3.67. The summed E-state index contributed by atoms with van der Waals surface area (Å²) in [5, 5.41) is 10.2. The zero-order valence-corrected chi connectivity index (χ0v) is 12.1. The van der Waals surface area contributed by atoms with Crippen LogP contribution < -0.4 is 0 Å². The number of rotatable bonds is 3. The van der Waals surface area contributed by atoms with Crippen molar-refractivity contribution in [2.75, 3.05) is 26.2 Å². The van der Waals surface area contributed by atoms with E-state index in [9.17, 15) is 9.90 Å². The average molecular weight is 295 g/mol. The summed E-state index contributed by atoms with van der Waals surface area (Å²) in [6.07, 6.45) is 2.40. The summed E-state index contributed by atoms with van der Waals surface area (Å²) in [6, 6.07) is 7.14. The quantitative estimate of drug-likeness (QED) is 0.928. The lowest BCUT2D eigenvalue weighted by Crippen LogP contribution is -2.52. The van der Waals surface area contributed by atoms with Gasteiger partial charge in [-0.3, -0.25) is 14.6 Å². The summed E-state index contributed by atoms with van der Waals surface area (Å²) >= 11 is 6.19. The van der Waals surface area contributed by atoms with Crippen LogP contribution in [-0.4, -0.2) is 53.1 Å². The fraction of sp³-hybridized carbons (Fsp3) is 0.533. The number of fused-ring (bicyclic) bond motifs is 1. The van der Waals surface area contributed by atoms with Gasteiger partial charge in [0.05, 0.1) is 0 Å². The van der Waals surface area contributed by atoms with Crippen LogP contribution >= 0.6 is 11.6 Å². The molecule has 1 aromatic carbocycles. The van der Waals surface area contributed by atoms with E-state index in [2.05, 4.69) is 9.80 Å². The van der Waals surface area contributed by atoms with E-state index in [1.54, 1.807) is 6.07 Å². The smallest absolute Gasteiger partial charge is 0.325 e. The highest BCUT2D eigenvalue weighted by Crippen LogP contribution is 2.31. The molecule has 2 aliphatic rings. The average Bonchev–Trinajstić information content (AvgIpc) is 2.88. The van der Waals surface area contributed by atoms with Gasteiger partial charge < -0.3 is 5.11 Å². The number of carboxylic acid groups (broad SMARTS) is 1. The van der Waals surface area contributed by atoms with Crippen molar-refractivity contribution in [3.63, 3.8) is 0 Å². The van der Waals surface area contributed by atoms with E-state index in [-0.39, 0.29) is 0 Å². The Labute approximate surface area is 123 Å². The third kappa shape index (κ3) is 2.55. The predicted octanol–water partition coefficient (Wildman–Crippen LogP) is 2.25. The van der Waals surface area contributed by atoms with E-state index in [1.165, 1.54) is 12.8 Å². The molecule has 2 atom stereocenters.